The van der Waals surface area contributed by atoms with Crippen molar-refractivity contribution in [2.45, 2.75) is 66.2 Å². The van der Waals surface area contributed by atoms with Crippen LogP contribution in [0.1, 0.15) is 66.2 Å². The predicted molar refractivity (Wildman–Crippen MR) is 99.6 cm³/mol. The summed E-state index contributed by atoms with van der Waals surface area (Å²) in [4.78, 5) is 32.2. The van der Waals surface area contributed by atoms with Crippen molar-refractivity contribution in [2.24, 2.45) is 0 Å². The zero-order chi connectivity index (χ0) is 19.9. The first kappa shape index (κ1) is 22.2. The number of allylic oxidation sites excluding steroid dienone is 5. The third-order valence-corrected chi connectivity index (χ3v) is 5.34. The number of Topliss-reactive ketones (excluding diaryl/α,β-unsaturated/α-hetero) is 3. The molecule has 1 N–H and O–H groups in total. The topological polar surface area (TPSA) is 71.4 Å². The molecule has 0 atom stereocenters. The Kier molecular flexibility index (Phi) is 8.79. The number of ketones is 3. The molecule has 0 fully saturated rings. The van der Waals surface area contributed by atoms with Crippen LogP contribution in [0.25, 0.3) is 0 Å². The maximum Gasteiger partial charge on any atom is 0.158 e. The second kappa shape index (κ2) is 10.3. The quantitative estimate of drug-likeness (QED) is 0.804. The van der Waals surface area contributed by atoms with Crippen LogP contribution in [-0.2, 0) is 14.4 Å². The van der Waals surface area contributed by atoms with Gasteiger partial charge < -0.3 is 5.11 Å². The van der Waals surface area contributed by atoms with Crippen LogP contribution in [0.3, 0.4) is 0 Å². The molecule has 0 amide bonds. The Bertz CT molecular complexity index is 640. The minimum atomic E-state index is -0.447. The highest BCUT2D eigenvalue weighted by Gasteiger charge is 2.18. The lowest BCUT2D eigenvalue weighted by molar-refractivity contribution is -0.115. The smallest absolute Gasteiger partial charge is 0.158 e. The maximum absolute atomic E-state index is 11.9. The molecule has 0 saturated heterocycles. The van der Waals surface area contributed by atoms with Crippen LogP contribution in [0, 0.1) is 0 Å². The summed E-state index contributed by atoms with van der Waals surface area (Å²) < 4.78 is 11.9. The van der Waals surface area contributed by atoms with Gasteiger partial charge in [0.05, 0.1) is 6.61 Å². The van der Waals surface area contributed by atoms with Gasteiger partial charge in [-0.2, -0.15) is 0 Å². The van der Waals surface area contributed by atoms with E-state index in [0.717, 1.165) is 36.0 Å². The number of aliphatic hydroxyl groups excluding tert-OH is 1. The van der Waals surface area contributed by atoms with E-state index < -0.39 is 6.67 Å². The van der Waals surface area contributed by atoms with Gasteiger partial charge in [-0.25, -0.2) is 4.39 Å². The van der Waals surface area contributed by atoms with Gasteiger partial charge in [0.2, 0.25) is 0 Å². The molecule has 0 aromatic carbocycles. The first-order valence-electron chi connectivity index (χ1n) is 9.02. The van der Waals surface area contributed by atoms with Crippen LogP contribution in [0.5, 0.6) is 0 Å². The van der Waals surface area contributed by atoms with Gasteiger partial charge in [-0.3, -0.25) is 14.4 Å². The fourth-order valence-corrected chi connectivity index (χ4v) is 2.95. The molecule has 0 saturated carbocycles. The summed E-state index contributed by atoms with van der Waals surface area (Å²) in [5, 5.41) is 8.64. The highest BCUT2D eigenvalue weighted by molar-refractivity contribution is 5.98. The first-order chi connectivity index (χ1) is 12.2. The van der Waals surface area contributed by atoms with Crippen molar-refractivity contribution in [1.82, 2.24) is 0 Å². The van der Waals surface area contributed by atoms with E-state index in [1.54, 1.807) is 13.8 Å². The minimum absolute atomic E-state index is 0.0531. The van der Waals surface area contributed by atoms with Crippen molar-refractivity contribution in [3.63, 3.8) is 0 Å². The maximum atomic E-state index is 11.9. The summed E-state index contributed by atoms with van der Waals surface area (Å²) in [6.07, 6.45) is 4.26. The standard InChI is InChI=1S/C7H9FO.C7H10O2.C7H10O/c2*1-5-6(4-8)2-3-7(5)9;1-5-3-4-7(8)6(5)2/h2-4H2,1H3;8H,2-4H2,1H3;3-4H2,1-2H3. The van der Waals surface area contributed by atoms with E-state index in [4.69, 9.17) is 5.11 Å². The second-order valence-corrected chi connectivity index (χ2v) is 6.92. The third kappa shape index (κ3) is 5.84. The molecular weight excluding hydrogens is 335 g/mol. The second-order valence-electron chi connectivity index (χ2n) is 6.92. The van der Waals surface area contributed by atoms with Crippen molar-refractivity contribution in [3.8, 4) is 0 Å². The van der Waals surface area contributed by atoms with Crippen LogP contribution >= 0.6 is 0 Å². The third-order valence-electron chi connectivity index (χ3n) is 5.34. The highest BCUT2D eigenvalue weighted by atomic mass is 19.1. The van der Waals surface area contributed by atoms with E-state index in [1.807, 2.05) is 13.8 Å². The molecule has 5 heteroatoms. The summed E-state index contributed by atoms with van der Waals surface area (Å²) in [5.41, 5.74) is 5.30. The summed E-state index contributed by atoms with van der Waals surface area (Å²) in [6, 6.07) is 0. The number of alkyl halides is 1. The van der Waals surface area contributed by atoms with Crippen LogP contribution in [0.15, 0.2) is 33.4 Å². The molecule has 0 radical (unpaired) electrons. The molecule has 3 aliphatic rings. The van der Waals surface area contributed by atoms with Gasteiger partial charge in [-0.1, -0.05) is 5.57 Å². The van der Waals surface area contributed by atoms with Crippen LogP contribution < -0.4 is 0 Å². The van der Waals surface area contributed by atoms with Crippen molar-refractivity contribution in [3.05, 3.63) is 33.4 Å². The Morgan fingerprint density at radius 3 is 1.27 bits per heavy atom. The van der Waals surface area contributed by atoms with Crippen LogP contribution in [0.4, 0.5) is 4.39 Å². The lowest BCUT2D eigenvalue weighted by Crippen LogP contribution is -1.92. The average molecular weight is 364 g/mol. The van der Waals surface area contributed by atoms with E-state index >= 15 is 0 Å². The minimum Gasteiger partial charge on any atom is -0.392 e. The molecule has 26 heavy (non-hydrogen) atoms. The number of rotatable bonds is 2. The molecule has 0 aromatic heterocycles. The SMILES string of the molecule is CC1=C(C)C(=O)CC1.CC1=C(CF)CCC1=O.CC1=C(CO)CCC1=O. The zero-order valence-electron chi connectivity index (χ0n) is 16.2. The van der Waals surface area contributed by atoms with Crippen LogP contribution in [-0.4, -0.2) is 35.7 Å². The van der Waals surface area contributed by atoms with Gasteiger partial charge in [-0.05, 0) is 74.8 Å². The lowest BCUT2D eigenvalue weighted by Gasteiger charge is -1.92. The number of hydrogen-bond donors (Lipinski definition) is 1. The summed E-state index contributed by atoms with van der Waals surface area (Å²) >= 11 is 0. The number of carbonyl (C=O) groups excluding carboxylic acids is 3. The van der Waals surface area contributed by atoms with Gasteiger partial charge in [0.15, 0.2) is 17.3 Å². The van der Waals surface area contributed by atoms with Gasteiger partial charge in [-0.15, -0.1) is 0 Å². The highest BCUT2D eigenvalue weighted by Crippen LogP contribution is 2.22. The number of aliphatic hydroxyl groups is 1. The molecule has 0 aromatic rings. The fraction of sp³-hybridized carbons (Fsp3) is 0.571. The lowest BCUT2D eigenvalue weighted by atomic mass is 10.2. The Morgan fingerprint density at radius 2 is 1.12 bits per heavy atom. The first-order valence-corrected chi connectivity index (χ1v) is 9.02. The molecule has 3 aliphatic carbocycles. The number of halogens is 1. The van der Waals surface area contributed by atoms with Crippen molar-refractivity contribution >= 4 is 17.3 Å². The normalized spacial score (nSPS) is 19.8. The molecule has 0 unspecified atom stereocenters. The Balaban J connectivity index is 0.000000195. The molecule has 0 heterocycles. The molecule has 0 bridgehead atoms. The largest absolute Gasteiger partial charge is 0.392 e. The molecule has 0 aliphatic heterocycles. The predicted octanol–water partition coefficient (Wildman–Crippen LogP) is 3.98. The summed E-state index contributed by atoms with van der Waals surface area (Å²) in [7, 11) is 0. The molecular formula is C21H29FO4. The van der Waals surface area contributed by atoms with Crippen molar-refractivity contribution < 1.29 is 23.9 Å². The van der Waals surface area contributed by atoms with E-state index in [2.05, 4.69) is 0 Å². The van der Waals surface area contributed by atoms with Crippen molar-refractivity contribution in [2.75, 3.05) is 13.3 Å². The zero-order valence-corrected chi connectivity index (χ0v) is 16.2. The van der Waals surface area contributed by atoms with E-state index in [9.17, 15) is 18.8 Å². The average Bonchev–Trinajstić information content (AvgIpc) is 3.24. The molecule has 0 spiro atoms. The van der Waals surface area contributed by atoms with E-state index in [0.29, 0.717) is 36.2 Å². The van der Waals surface area contributed by atoms with Gasteiger partial charge in [0.25, 0.3) is 0 Å². The molecule has 3 rings (SSSR count). The van der Waals surface area contributed by atoms with E-state index in [-0.39, 0.29) is 18.2 Å². The Labute approximate surface area is 154 Å². The van der Waals surface area contributed by atoms with Gasteiger partial charge >= 0.3 is 0 Å². The fourth-order valence-electron chi connectivity index (χ4n) is 2.95. The molecule has 4 nitrogen and oxygen atoms in total. The number of hydrogen-bond acceptors (Lipinski definition) is 4. The van der Waals surface area contributed by atoms with Gasteiger partial charge in [0.1, 0.15) is 6.67 Å². The number of carbonyl (C=O) groups is 3. The summed E-state index contributed by atoms with van der Waals surface area (Å²) in [5.74, 6) is 0.643. The van der Waals surface area contributed by atoms with Crippen LogP contribution in [0.2, 0.25) is 0 Å². The Morgan fingerprint density at radius 1 is 0.692 bits per heavy atom. The summed E-state index contributed by atoms with van der Waals surface area (Å²) in [6.45, 7) is 7.02. The van der Waals surface area contributed by atoms with Gasteiger partial charge in [0, 0.05) is 19.3 Å². The van der Waals surface area contributed by atoms with E-state index in [1.165, 1.54) is 5.57 Å². The van der Waals surface area contributed by atoms with Crippen molar-refractivity contribution in [1.29, 1.82) is 0 Å². The Hall–Kier alpha value is -1.88. The molecule has 144 valence electrons. The monoisotopic (exact) mass is 364 g/mol.